The summed E-state index contributed by atoms with van der Waals surface area (Å²) in [5.74, 6) is -0.0330. The van der Waals surface area contributed by atoms with Crippen molar-refractivity contribution in [2.24, 2.45) is 0 Å². The van der Waals surface area contributed by atoms with Crippen molar-refractivity contribution >= 4 is 45.7 Å². The van der Waals surface area contributed by atoms with Gasteiger partial charge in [-0.1, -0.05) is 54.6 Å². The van der Waals surface area contributed by atoms with Crippen molar-refractivity contribution in [3.05, 3.63) is 95.4 Å². The minimum Gasteiger partial charge on any atom is -0.322 e. The Kier molecular flexibility index (Phi) is 6.99. The van der Waals surface area contributed by atoms with Crippen LogP contribution in [0.4, 0.5) is 10.8 Å². The summed E-state index contributed by atoms with van der Waals surface area (Å²) >= 11 is 2.81. The zero-order valence-electron chi connectivity index (χ0n) is 17.4. The Hall–Kier alpha value is -3.42. The first-order valence-electron chi connectivity index (χ1n) is 9.99. The highest BCUT2D eigenvalue weighted by Crippen LogP contribution is 2.26. The van der Waals surface area contributed by atoms with Gasteiger partial charge in [-0.25, -0.2) is 4.98 Å². The van der Waals surface area contributed by atoms with E-state index in [0.717, 1.165) is 21.7 Å². The normalized spacial score (nSPS) is 10.5. The lowest BCUT2D eigenvalue weighted by molar-refractivity contribution is -0.113. The number of carbonyl (C=O) groups is 2. The van der Waals surface area contributed by atoms with E-state index in [1.165, 1.54) is 23.1 Å². The molecular formula is C25H21N3O2S2. The second-order valence-corrected chi connectivity index (χ2v) is 8.94. The van der Waals surface area contributed by atoms with Crippen molar-refractivity contribution < 1.29 is 9.59 Å². The lowest BCUT2D eigenvalue weighted by Gasteiger charge is -2.09. The molecule has 5 nitrogen and oxygen atoms in total. The fourth-order valence-electron chi connectivity index (χ4n) is 3.07. The first-order valence-corrected chi connectivity index (χ1v) is 11.9. The maximum absolute atomic E-state index is 12.5. The van der Waals surface area contributed by atoms with Crippen LogP contribution in [0.5, 0.6) is 0 Å². The largest absolute Gasteiger partial charge is 0.322 e. The van der Waals surface area contributed by atoms with Gasteiger partial charge >= 0.3 is 0 Å². The molecule has 2 amide bonds. The van der Waals surface area contributed by atoms with Crippen LogP contribution in [-0.2, 0) is 4.79 Å². The Morgan fingerprint density at radius 1 is 0.938 bits per heavy atom. The fraction of sp³-hybridized carbons (Fsp3) is 0.0800. The van der Waals surface area contributed by atoms with E-state index >= 15 is 0 Å². The Morgan fingerprint density at radius 2 is 1.72 bits per heavy atom. The van der Waals surface area contributed by atoms with Crippen LogP contribution in [-0.4, -0.2) is 22.6 Å². The minimum atomic E-state index is -0.152. The molecule has 0 aliphatic heterocycles. The van der Waals surface area contributed by atoms with E-state index in [1.807, 2.05) is 85.1 Å². The van der Waals surface area contributed by atoms with E-state index in [0.29, 0.717) is 16.4 Å². The molecule has 0 atom stereocenters. The van der Waals surface area contributed by atoms with Gasteiger partial charge in [0.15, 0.2) is 5.13 Å². The molecule has 0 bridgehead atoms. The Labute approximate surface area is 194 Å². The molecule has 1 heterocycles. The number of anilines is 2. The third-order valence-corrected chi connectivity index (χ3v) is 6.42. The predicted octanol–water partition coefficient (Wildman–Crippen LogP) is 6.10. The molecule has 160 valence electrons. The van der Waals surface area contributed by atoms with E-state index in [2.05, 4.69) is 15.6 Å². The number of amides is 2. The number of nitrogens with zero attached hydrogens (tertiary/aromatic N) is 1. The van der Waals surface area contributed by atoms with Crippen LogP contribution in [0.1, 0.15) is 15.9 Å². The smallest absolute Gasteiger partial charge is 0.255 e. The molecule has 3 aromatic carbocycles. The summed E-state index contributed by atoms with van der Waals surface area (Å²) in [5, 5.41) is 8.29. The summed E-state index contributed by atoms with van der Waals surface area (Å²) in [6, 6.07) is 24.8. The van der Waals surface area contributed by atoms with E-state index < -0.39 is 0 Å². The Balaban J connectivity index is 1.32. The summed E-state index contributed by atoms with van der Waals surface area (Å²) < 4.78 is 0. The molecule has 0 aliphatic rings. The second-order valence-electron chi connectivity index (χ2n) is 7.04. The van der Waals surface area contributed by atoms with Crippen molar-refractivity contribution in [2.75, 3.05) is 16.4 Å². The summed E-state index contributed by atoms with van der Waals surface area (Å²) in [4.78, 5) is 30.3. The number of aromatic nitrogens is 1. The van der Waals surface area contributed by atoms with Gasteiger partial charge in [0, 0.05) is 27.1 Å². The van der Waals surface area contributed by atoms with Gasteiger partial charge in [-0.15, -0.1) is 23.1 Å². The average Bonchev–Trinajstić information content (AvgIpc) is 3.27. The zero-order valence-corrected chi connectivity index (χ0v) is 19.0. The number of nitrogens with one attached hydrogen (secondary N) is 2. The van der Waals surface area contributed by atoms with Gasteiger partial charge in [-0.3, -0.25) is 9.59 Å². The number of thiazole rings is 1. The molecule has 0 saturated carbocycles. The van der Waals surface area contributed by atoms with Crippen LogP contribution >= 0.6 is 23.1 Å². The molecule has 0 fully saturated rings. The summed E-state index contributed by atoms with van der Waals surface area (Å²) in [7, 11) is 0. The number of rotatable bonds is 7. The van der Waals surface area contributed by atoms with Gasteiger partial charge in [0.25, 0.3) is 5.91 Å². The minimum absolute atomic E-state index is 0.127. The highest BCUT2D eigenvalue weighted by Gasteiger charge is 2.11. The molecule has 7 heteroatoms. The van der Waals surface area contributed by atoms with Crippen LogP contribution in [0.25, 0.3) is 11.3 Å². The highest BCUT2D eigenvalue weighted by atomic mass is 32.2. The number of aryl methyl sites for hydroxylation is 1. The molecule has 0 spiro atoms. The maximum atomic E-state index is 12.5. The van der Waals surface area contributed by atoms with Gasteiger partial charge in [-0.05, 0) is 36.8 Å². The van der Waals surface area contributed by atoms with Crippen LogP contribution in [0.2, 0.25) is 0 Å². The van der Waals surface area contributed by atoms with Gasteiger partial charge in [0.1, 0.15) is 0 Å². The third-order valence-electron chi connectivity index (χ3n) is 4.67. The first kappa shape index (κ1) is 21.8. The van der Waals surface area contributed by atoms with Crippen molar-refractivity contribution in [3.8, 4) is 11.3 Å². The monoisotopic (exact) mass is 459 g/mol. The molecule has 32 heavy (non-hydrogen) atoms. The molecule has 1 aromatic heterocycles. The second kappa shape index (κ2) is 10.3. The van der Waals surface area contributed by atoms with E-state index in [1.54, 1.807) is 6.07 Å². The maximum Gasteiger partial charge on any atom is 0.255 e. The third kappa shape index (κ3) is 5.63. The van der Waals surface area contributed by atoms with Crippen LogP contribution < -0.4 is 10.6 Å². The lowest BCUT2D eigenvalue weighted by Crippen LogP contribution is -2.14. The number of benzene rings is 3. The fourth-order valence-corrected chi connectivity index (χ4v) is 4.56. The van der Waals surface area contributed by atoms with Gasteiger partial charge in [0.05, 0.1) is 11.4 Å². The topological polar surface area (TPSA) is 71.1 Å². The van der Waals surface area contributed by atoms with Crippen LogP contribution in [0.15, 0.2) is 89.1 Å². The summed E-state index contributed by atoms with van der Waals surface area (Å²) in [5.41, 5.74) is 4.11. The van der Waals surface area contributed by atoms with Gasteiger partial charge < -0.3 is 10.6 Å². The number of carbonyl (C=O) groups excluding carboxylic acids is 2. The first-order chi connectivity index (χ1) is 15.6. The number of hydrogen-bond donors (Lipinski definition) is 2. The molecule has 0 radical (unpaired) electrons. The van der Waals surface area contributed by atoms with Gasteiger partial charge in [-0.2, -0.15) is 0 Å². The number of thioether (sulfide) groups is 1. The molecule has 0 saturated heterocycles. The van der Waals surface area contributed by atoms with E-state index in [4.69, 9.17) is 0 Å². The van der Waals surface area contributed by atoms with Crippen molar-refractivity contribution in [1.29, 1.82) is 0 Å². The molecule has 0 aliphatic carbocycles. The molecular weight excluding hydrogens is 438 g/mol. The predicted molar refractivity (Wildman–Crippen MR) is 132 cm³/mol. The van der Waals surface area contributed by atoms with Crippen molar-refractivity contribution in [2.45, 2.75) is 11.8 Å². The summed E-state index contributed by atoms with van der Waals surface area (Å²) in [6.45, 7) is 1.91. The molecule has 0 unspecified atom stereocenters. The average molecular weight is 460 g/mol. The standard InChI is InChI=1S/C25H21N3O2S2/c1-17-8-5-6-13-21(17)24(30)26-19-11-7-12-20(14-19)31-16-23(29)28-25-27-22(15-32-25)18-9-3-2-4-10-18/h2-15H,16H2,1H3,(H,26,30)(H,27,28,29). The van der Waals surface area contributed by atoms with Crippen LogP contribution in [0.3, 0.4) is 0 Å². The zero-order chi connectivity index (χ0) is 22.3. The number of hydrogen-bond acceptors (Lipinski definition) is 5. The Bertz CT molecular complexity index is 1240. The molecule has 2 N–H and O–H groups in total. The Morgan fingerprint density at radius 3 is 2.53 bits per heavy atom. The van der Waals surface area contributed by atoms with Crippen LogP contribution in [0, 0.1) is 6.92 Å². The quantitative estimate of drug-likeness (QED) is 0.328. The molecule has 4 rings (SSSR count). The van der Waals surface area contributed by atoms with Gasteiger partial charge in [0.2, 0.25) is 5.91 Å². The van der Waals surface area contributed by atoms with E-state index in [-0.39, 0.29) is 17.6 Å². The SMILES string of the molecule is Cc1ccccc1C(=O)Nc1cccc(SCC(=O)Nc2nc(-c3ccccc3)cs2)c1. The van der Waals surface area contributed by atoms with E-state index in [9.17, 15) is 9.59 Å². The highest BCUT2D eigenvalue weighted by molar-refractivity contribution is 8.00. The van der Waals surface area contributed by atoms with Crippen molar-refractivity contribution in [3.63, 3.8) is 0 Å². The lowest BCUT2D eigenvalue weighted by atomic mass is 10.1. The molecule has 4 aromatic rings. The van der Waals surface area contributed by atoms with Crippen molar-refractivity contribution in [1.82, 2.24) is 4.98 Å². The summed E-state index contributed by atoms with van der Waals surface area (Å²) in [6.07, 6.45) is 0.